The molecule has 0 radical (unpaired) electrons. The van der Waals surface area contributed by atoms with Gasteiger partial charge in [-0.3, -0.25) is 9.89 Å². The second kappa shape index (κ2) is 5.05. The van der Waals surface area contributed by atoms with Crippen LogP contribution in [0.15, 0.2) is 58.3 Å². The van der Waals surface area contributed by atoms with Crippen LogP contribution in [0.2, 0.25) is 0 Å². The van der Waals surface area contributed by atoms with Gasteiger partial charge < -0.3 is 5.32 Å². The van der Waals surface area contributed by atoms with Gasteiger partial charge in [0.05, 0.1) is 11.7 Å². The van der Waals surface area contributed by atoms with Gasteiger partial charge in [-0.25, -0.2) is 0 Å². The van der Waals surface area contributed by atoms with E-state index in [1.807, 2.05) is 18.3 Å². The maximum Gasteiger partial charge on any atom is 0.161 e. The number of aromatic amines is 1. The Labute approximate surface area is 147 Å². The molecule has 5 heteroatoms. The Hall–Kier alpha value is -2.40. The lowest BCUT2D eigenvalue weighted by atomic mass is 9.80. The second-order valence-electron chi connectivity index (χ2n) is 6.29. The fourth-order valence-corrected chi connectivity index (χ4v) is 4.33. The van der Waals surface area contributed by atoms with Crippen molar-refractivity contribution in [3.05, 3.63) is 69.5 Å². The first-order valence-corrected chi connectivity index (χ1v) is 8.76. The summed E-state index contributed by atoms with van der Waals surface area (Å²) in [7, 11) is 0. The Morgan fingerprint density at radius 3 is 2.96 bits per heavy atom. The van der Waals surface area contributed by atoms with Crippen molar-refractivity contribution in [2.75, 3.05) is 5.32 Å². The summed E-state index contributed by atoms with van der Waals surface area (Å²) in [6, 6.07) is 12.4. The van der Waals surface area contributed by atoms with Gasteiger partial charge >= 0.3 is 0 Å². The van der Waals surface area contributed by atoms with Crippen LogP contribution in [0, 0.1) is 0 Å². The van der Waals surface area contributed by atoms with Gasteiger partial charge in [-0.2, -0.15) is 5.10 Å². The largest absolute Gasteiger partial charge is 0.358 e. The van der Waals surface area contributed by atoms with Gasteiger partial charge in [0.1, 0.15) is 0 Å². The number of allylic oxidation sites excluding steroid dienone is 2. The standard InChI is InChI=1S/C19H14BrN3O/c20-12-3-1-2-10(8-12)16-17-13(6-7-15(17)24)22-14-5-4-11-9-21-23-19(11)18(14)16/h1-5,8-9,16,22H,6-7H2,(H,21,23). The number of rotatable bonds is 1. The molecule has 0 saturated heterocycles. The zero-order valence-corrected chi connectivity index (χ0v) is 14.4. The first-order valence-electron chi connectivity index (χ1n) is 7.97. The number of halogens is 1. The van der Waals surface area contributed by atoms with E-state index in [-0.39, 0.29) is 11.7 Å². The molecule has 1 aliphatic carbocycles. The smallest absolute Gasteiger partial charge is 0.161 e. The highest BCUT2D eigenvalue weighted by molar-refractivity contribution is 9.10. The molecule has 118 valence electrons. The average molecular weight is 380 g/mol. The van der Waals surface area contributed by atoms with E-state index in [1.165, 1.54) is 0 Å². The van der Waals surface area contributed by atoms with Crippen molar-refractivity contribution >= 4 is 38.3 Å². The summed E-state index contributed by atoms with van der Waals surface area (Å²) in [6.07, 6.45) is 3.20. The molecule has 4 nitrogen and oxygen atoms in total. The molecule has 2 heterocycles. The van der Waals surface area contributed by atoms with Crippen LogP contribution in [0.3, 0.4) is 0 Å². The van der Waals surface area contributed by atoms with Crippen molar-refractivity contribution < 1.29 is 4.79 Å². The maximum atomic E-state index is 12.6. The summed E-state index contributed by atoms with van der Waals surface area (Å²) < 4.78 is 1.02. The van der Waals surface area contributed by atoms with Crippen molar-refractivity contribution in [1.29, 1.82) is 0 Å². The summed E-state index contributed by atoms with van der Waals surface area (Å²) in [5.41, 5.74) is 6.26. The van der Waals surface area contributed by atoms with E-state index >= 15 is 0 Å². The molecule has 1 atom stereocenters. The molecular weight excluding hydrogens is 366 g/mol. The minimum atomic E-state index is -0.0621. The van der Waals surface area contributed by atoms with E-state index in [2.05, 4.69) is 55.7 Å². The first-order chi connectivity index (χ1) is 11.7. The Morgan fingerprint density at radius 2 is 2.08 bits per heavy atom. The van der Waals surface area contributed by atoms with Crippen LogP contribution in [0.1, 0.15) is 29.9 Å². The summed E-state index contributed by atoms with van der Waals surface area (Å²) in [4.78, 5) is 12.6. The summed E-state index contributed by atoms with van der Waals surface area (Å²) in [5, 5.41) is 11.9. The molecule has 0 amide bonds. The Morgan fingerprint density at radius 1 is 1.17 bits per heavy atom. The van der Waals surface area contributed by atoms with Gasteiger partial charge in [0.15, 0.2) is 5.78 Å². The molecule has 0 bridgehead atoms. The normalized spacial score (nSPS) is 19.4. The molecular formula is C19H14BrN3O. The van der Waals surface area contributed by atoms with Crippen molar-refractivity contribution in [3.8, 4) is 0 Å². The summed E-state index contributed by atoms with van der Waals surface area (Å²) in [6.45, 7) is 0. The molecule has 1 aliphatic heterocycles. The SMILES string of the molecule is O=C1CCC2=C1C(c1cccc(Br)c1)c1c(ccc3cn[nH]c13)N2. The number of aromatic nitrogens is 2. The molecule has 24 heavy (non-hydrogen) atoms. The van der Waals surface area contributed by atoms with Crippen molar-refractivity contribution in [2.45, 2.75) is 18.8 Å². The number of H-pyrrole nitrogens is 1. The molecule has 0 spiro atoms. The van der Waals surface area contributed by atoms with Crippen LogP contribution in [-0.2, 0) is 4.79 Å². The van der Waals surface area contributed by atoms with Gasteiger partial charge in [-0.1, -0.05) is 28.1 Å². The van der Waals surface area contributed by atoms with Crippen LogP contribution in [-0.4, -0.2) is 16.0 Å². The third kappa shape index (κ3) is 1.91. The molecule has 0 saturated carbocycles. The lowest BCUT2D eigenvalue weighted by Crippen LogP contribution is -2.19. The number of carbonyl (C=O) groups is 1. The topological polar surface area (TPSA) is 57.8 Å². The molecule has 1 unspecified atom stereocenters. The van der Waals surface area contributed by atoms with Crippen molar-refractivity contribution in [2.24, 2.45) is 0 Å². The molecule has 5 rings (SSSR count). The van der Waals surface area contributed by atoms with E-state index in [0.717, 1.165) is 49.9 Å². The highest BCUT2D eigenvalue weighted by atomic mass is 79.9. The van der Waals surface area contributed by atoms with Crippen LogP contribution in [0.4, 0.5) is 5.69 Å². The van der Waals surface area contributed by atoms with E-state index < -0.39 is 0 Å². The predicted octanol–water partition coefficient (Wildman–Crippen LogP) is 4.50. The molecule has 0 fully saturated rings. The van der Waals surface area contributed by atoms with Gasteiger partial charge in [0.2, 0.25) is 0 Å². The van der Waals surface area contributed by atoms with Crippen LogP contribution >= 0.6 is 15.9 Å². The second-order valence-corrected chi connectivity index (χ2v) is 7.21. The van der Waals surface area contributed by atoms with Gasteiger partial charge in [-0.05, 0) is 36.2 Å². The molecule has 2 aliphatic rings. The van der Waals surface area contributed by atoms with Crippen molar-refractivity contribution in [1.82, 2.24) is 10.2 Å². The van der Waals surface area contributed by atoms with Gasteiger partial charge in [0.25, 0.3) is 0 Å². The van der Waals surface area contributed by atoms with E-state index in [0.29, 0.717) is 6.42 Å². The van der Waals surface area contributed by atoms with Gasteiger partial charge in [0, 0.05) is 44.7 Å². The zero-order chi connectivity index (χ0) is 16.3. The Kier molecular flexibility index (Phi) is 2.94. The minimum Gasteiger partial charge on any atom is -0.358 e. The quantitative estimate of drug-likeness (QED) is 0.654. The number of Topliss-reactive ketones (excluding diaryl/α,β-unsaturated/α-hetero) is 1. The average Bonchev–Trinajstić information content (AvgIpc) is 3.20. The van der Waals surface area contributed by atoms with E-state index in [9.17, 15) is 4.79 Å². The lowest BCUT2D eigenvalue weighted by Gasteiger charge is -2.29. The zero-order valence-electron chi connectivity index (χ0n) is 12.8. The van der Waals surface area contributed by atoms with Gasteiger partial charge in [-0.15, -0.1) is 0 Å². The van der Waals surface area contributed by atoms with E-state index in [1.54, 1.807) is 0 Å². The molecule has 3 aromatic rings. The summed E-state index contributed by atoms with van der Waals surface area (Å²) in [5.74, 6) is 0.178. The van der Waals surface area contributed by atoms with Crippen LogP contribution < -0.4 is 5.32 Å². The number of fused-ring (bicyclic) bond motifs is 3. The maximum absolute atomic E-state index is 12.6. The van der Waals surface area contributed by atoms with Crippen molar-refractivity contribution in [3.63, 3.8) is 0 Å². The summed E-state index contributed by atoms with van der Waals surface area (Å²) >= 11 is 3.56. The number of nitrogens with zero attached hydrogens (tertiary/aromatic N) is 1. The number of ketones is 1. The third-order valence-corrected chi connectivity index (χ3v) is 5.42. The van der Waals surface area contributed by atoms with Crippen LogP contribution in [0.25, 0.3) is 10.9 Å². The van der Waals surface area contributed by atoms with Crippen LogP contribution in [0.5, 0.6) is 0 Å². The molecule has 2 N–H and O–H groups in total. The number of hydrogen-bond acceptors (Lipinski definition) is 3. The fraction of sp³-hybridized carbons (Fsp3) is 0.158. The number of nitrogens with one attached hydrogen (secondary N) is 2. The third-order valence-electron chi connectivity index (χ3n) is 4.93. The number of hydrogen-bond donors (Lipinski definition) is 2. The fourth-order valence-electron chi connectivity index (χ4n) is 3.91. The minimum absolute atomic E-state index is 0.0621. The van der Waals surface area contributed by atoms with E-state index in [4.69, 9.17) is 0 Å². The Bertz CT molecular complexity index is 1030. The first kappa shape index (κ1) is 14.0. The number of benzene rings is 2. The number of carbonyl (C=O) groups excluding carboxylic acids is 1. The lowest BCUT2D eigenvalue weighted by molar-refractivity contribution is -0.115. The number of anilines is 1. The highest BCUT2D eigenvalue weighted by Gasteiger charge is 2.37. The Balaban J connectivity index is 1.84. The molecule has 2 aromatic carbocycles. The molecule has 1 aromatic heterocycles. The monoisotopic (exact) mass is 379 g/mol. The predicted molar refractivity (Wildman–Crippen MR) is 97.0 cm³/mol. The highest BCUT2D eigenvalue weighted by Crippen LogP contribution is 2.48.